The molecule has 0 aliphatic carbocycles. The van der Waals surface area contributed by atoms with E-state index in [9.17, 15) is 4.79 Å². The summed E-state index contributed by atoms with van der Waals surface area (Å²) >= 11 is 6.30. The molecule has 0 saturated carbocycles. The first-order chi connectivity index (χ1) is 13.5. The predicted octanol–water partition coefficient (Wildman–Crippen LogP) is 2.71. The Morgan fingerprint density at radius 2 is 1.89 bits per heavy atom. The summed E-state index contributed by atoms with van der Waals surface area (Å²) < 4.78 is 5.18. The Kier molecular flexibility index (Phi) is 8.62. The van der Waals surface area contributed by atoms with Crippen LogP contribution in [0.25, 0.3) is 0 Å². The number of nitrogens with one attached hydrogen (secondary N) is 2. The van der Waals surface area contributed by atoms with E-state index >= 15 is 0 Å². The van der Waals surface area contributed by atoms with Gasteiger partial charge in [0.15, 0.2) is 5.96 Å². The van der Waals surface area contributed by atoms with Gasteiger partial charge >= 0.3 is 0 Å². The third kappa shape index (κ3) is 7.12. The zero-order valence-corrected chi connectivity index (χ0v) is 17.3. The molecule has 0 aliphatic rings. The van der Waals surface area contributed by atoms with E-state index in [2.05, 4.69) is 15.6 Å². The van der Waals surface area contributed by atoms with Gasteiger partial charge in [0.1, 0.15) is 5.75 Å². The molecule has 2 aromatic rings. The lowest BCUT2D eigenvalue weighted by molar-refractivity contribution is -0.127. The zero-order valence-electron chi connectivity index (χ0n) is 16.5. The van der Waals surface area contributed by atoms with Crippen LogP contribution in [-0.2, 0) is 17.8 Å². The van der Waals surface area contributed by atoms with Crippen LogP contribution >= 0.6 is 11.6 Å². The van der Waals surface area contributed by atoms with Crippen LogP contribution in [0.2, 0.25) is 5.02 Å². The van der Waals surface area contributed by atoms with E-state index in [1.165, 1.54) is 0 Å². The second-order valence-electron chi connectivity index (χ2n) is 6.43. The highest BCUT2D eigenvalue weighted by atomic mass is 35.5. The summed E-state index contributed by atoms with van der Waals surface area (Å²) in [5, 5.41) is 7.02. The third-order valence-electron chi connectivity index (χ3n) is 4.12. The van der Waals surface area contributed by atoms with Crippen molar-refractivity contribution >= 4 is 23.5 Å². The Morgan fingerprint density at radius 1 is 1.14 bits per heavy atom. The standard InChI is InChI=1S/C21H27ClN4O2/c1-26(2)20(27)15-25-21(24-14-16-7-5-4-6-8-16)23-12-11-17-9-10-18(28-3)13-19(17)22/h4-10,13H,11-12,14-15H2,1-3H3,(H2,23,24,25). The Bertz CT molecular complexity index is 794. The normalized spacial score (nSPS) is 11.1. The molecular formula is C21H27ClN4O2. The van der Waals surface area contributed by atoms with Gasteiger partial charge in [-0.25, -0.2) is 4.99 Å². The summed E-state index contributed by atoms with van der Waals surface area (Å²) in [5.74, 6) is 1.30. The maximum Gasteiger partial charge on any atom is 0.241 e. The Morgan fingerprint density at radius 3 is 2.54 bits per heavy atom. The van der Waals surface area contributed by atoms with Gasteiger partial charge in [0, 0.05) is 25.7 Å². The third-order valence-corrected chi connectivity index (χ3v) is 4.47. The highest BCUT2D eigenvalue weighted by molar-refractivity contribution is 6.31. The van der Waals surface area contributed by atoms with Gasteiger partial charge in [0.05, 0.1) is 20.2 Å². The summed E-state index contributed by atoms with van der Waals surface area (Å²) in [6.07, 6.45) is 0.719. The number of amides is 1. The lowest BCUT2D eigenvalue weighted by atomic mass is 10.1. The molecule has 0 aliphatic heterocycles. The molecule has 0 atom stereocenters. The molecule has 0 bridgehead atoms. The first-order valence-electron chi connectivity index (χ1n) is 9.08. The summed E-state index contributed by atoms with van der Waals surface area (Å²) in [6.45, 7) is 1.33. The van der Waals surface area contributed by atoms with Crippen LogP contribution in [-0.4, -0.2) is 51.1 Å². The van der Waals surface area contributed by atoms with Gasteiger partial charge in [0.2, 0.25) is 5.91 Å². The number of nitrogens with zero attached hydrogens (tertiary/aromatic N) is 2. The van der Waals surface area contributed by atoms with E-state index in [1.807, 2.05) is 42.5 Å². The molecular weight excluding hydrogens is 376 g/mol. The molecule has 150 valence electrons. The number of hydrogen-bond donors (Lipinski definition) is 2. The molecule has 0 radical (unpaired) electrons. The molecule has 0 unspecified atom stereocenters. The average Bonchev–Trinajstić information content (AvgIpc) is 2.71. The smallest absolute Gasteiger partial charge is 0.241 e. The molecule has 0 saturated heterocycles. The van der Waals surface area contributed by atoms with Crippen LogP contribution in [0.1, 0.15) is 11.1 Å². The number of carbonyl (C=O) groups is 1. The van der Waals surface area contributed by atoms with Gasteiger partial charge in [-0.1, -0.05) is 48.0 Å². The van der Waals surface area contributed by atoms with Gasteiger partial charge in [-0.3, -0.25) is 4.79 Å². The molecule has 2 rings (SSSR count). The van der Waals surface area contributed by atoms with E-state index in [0.717, 1.165) is 23.3 Å². The molecule has 1 amide bonds. The lowest BCUT2D eigenvalue weighted by Crippen LogP contribution is -2.43. The highest BCUT2D eigenvalue weighted by Gasteiger charge is 2.07. The van der Waals surface area contributed by atoms with Crippen LogP contribution < -0.4 is 15.4 Å². The van der Waals surface area contributed by atoms with Gasteiger partial charge in [-0.15, -0.1) is 0 Å². The number of halogens is 1. The summed E-state index contributed by atoms with van der Waals surface area (Å²) in [6, 6.07) is 15.6. The van der Waals surface area contributed by atoms with Crippen LogP contribution in [0.4, 0.5) is 0 Å². The van der Waals surface area contributed by atoms with Gasteiger partial charge < -0.3 is 20.3 Å². The second-order valence-corrected chi connectivity index (χ2v) is 6.83. The first-order valence-corrected chi connectivity index (χ1v) is 9.46. The maximum atomic E-state index is 11.9. The topological polar surface area (TPSA) is 66.0 Å². The number of carbonyl (C=O) groups excluding carboxylic acids is 1. The minimum absolute atomic E-state index is 0.0209. The van der Waals surface area contributed by atoms with Gasteiger partial charge in [0.25, 0.3) is 0 Å². The fraction of sp³-hybridized carbons (Fsp3) is 0.333. The lowest BCUT2D eigenvalue weighted by Gasteiger charge is -2.15. The van der Waals surface area contributed by atoms with Crippen LogP contribution in [0, 0.1) is 0 Å². The molecule has 0 spiro atoms. The van der Waals surface area contributed by atoms with Crippen molar-refractivity contribution in [3.05, 3.63) is 64.7 Å². The van der Waals surface area contributed by atoms with E-state index in [-0.39, 0.29) is 12.5 Å². The van der Waals surface area contributed by atoms with Crippen molar-refractivity contribution < 1.29 is 9.53 Å². The van der Waals surface area contributed by atoms with Crippen molar-refractivity contribution in [3.8, 4) is 5.75 Å². The van der Waals surface area contributed by atoms with Crippen LogP contribution in [0.15, 0.2) is 53.5 Å². The van der Waals surface area contributed by atoms with Crippen molar-refractivity contribution in [3.63, 3.8) is 0 Å². The molecule has 2 N–H and O–H groups in total. The number of rotatable bonds is 8. The van der Waals surface area contributed by atoms with Crippen LogP contribution in [0.3, 0.4) is 0 Å². The van der Waals surface area contributed by atoms with Gasteiger partial charge in [-0.05, 0) is 29.7 Å². The summed E-state index contributed by atoms with van der Waals surface area (Å²) in [7, 11) is 5.07. The Balaban J connectivity index is 1.97. The molecule has 2 aromatic carbocycles. The predicted molar refractivity (Wildman–Crippen MR) is 114 cm³/mol. The first kappa shape index (κ1) is 21.6. The number of methoxy groups -OCH3 is 1. The number of benzene rings is 2. The number of ether oxygens (including phenoxy) is 1. The van der Waals surface area contributed by atoms with E-state index in [4.69, 9.17) is 16.3 Å². The maximum absolute atomic E-state index is 11.9. The number of hydrogen-bond acceptors (Lipinski definition) is 3. The summed E-state index contributed by atoms with van der Waals surface area (Å²) in [4.78, 5) is 18.0. The molecule has 6 nitrogen and oxygen atoms in total. The number of likely N-dealkylation sites (N-methyl/N-ethyl adjacent to an activating group) is 1. The molecule has 28 heavy (non-hydrogen) atoms. The van der Waals surface area contributed by atoms with Crippen molar-refractivity contribution in [1.29, 1.82) is 0 Å². The van der Waals surface area contributed by atoms with E-state index in [0.29, 0.717) is 24.1 Å². The second kappa shape index (κ2) is 11.2. The minimum Gasteiger partial charge on any atom is -0.497 e. The highest BCUT2D eigenvalue weighted by Crippen LogP contribution is 2.22. The van der Waals surface area contributed by atoms with Crippen LogP contribution in [0.5, 0.6) is 5.75 Å². The van der Waals surface area contributed by atoms with Crippen molar-refractivity contribution in [1.82, 2.24) is 15.5 Å². The number of aliphatic imine (C=N–C) groups is 1. The van der Waals surface area contributed by atoms with Crippen molar-refractivity contribution in [2.24, 2.45) is 4.99 Å². The SMILES string of the molecule is COc1ccc(CCNC(=NCc2ccccc2)NCC(=O)N(C)C)c(Cl)c1. The number of guanidine groups is 1. The Labute approximate surface area is 171 Å². The zero-order chi connectivity index (χ0) is 20.4. The quantitative estimate of drug-likeness (QED) is 0.526. The molecule has 0 aromatic heterocycles. The fourth-order valence-corrected chi connectivity index (χ4v) is 2.68. The largest absolute Gasteiger partial charge is 0.497 e. The fourth-order valence-electron chi connectivity index (χ4n) is 2.42. The minimum atomic E-state index is -0.0209. The molecule has 0 heterocycles. The monoisotopic (exact) mass is 402 g/mol. The van der Waals surface area contributed by atoms with E-state index < -0.39 is 0 Å². The van der Waals surface area contributed by atoms with E-state index in [1.54, 1.807) is 32.2 Å². The molecule has 7 heteroatoms. The summed E-state index contributed by atoms with van der Waals surface area (Å²) in [5.41, 5.74) is 2.11. The van der Waals surface area contributed by atoms with Gasteiger partial charge in [-0.2, -0.15) is 0 Å². The van der Waals surface area contributed by atoms with Crippen molar-refractivity contribution in [2.45, 2.75) is 13.0 Å². The van der Waals surface area contributed by atoms with Crippen molar-refractivity contribution in [2.75, 3.05) is 34.3 Å². The Hall–Kier alpha value is -2.73. The molecule has 0 fully saturated rings. The average molecular weight is 403 g/mol.